The third-order valence-electron chi connectivity index (χ3n) is 4.76. The highest BCUT2D eigenvalue weighted by Crippen LogP contribution is 2.32. The van der Waals surface area contributed by atoms with Gasteiger partial charge in [-0.15, -0.1) is 0 Å². The highest BCUT2D eigenvalue weighted by molar-refractivity contribution is 5.79. The Hall–Kier alpha value is -1.35. The van der Waals surface area contributed by atoms with Crippen LogP contribution in [0.25, 0.3) is 0 Å². The summed E-state index contributed by atoms with van der Waals surface area (Å²) in [5.41, 5.74) is 1.27. The van der Waals surface area contributed by atoms with Gasteiger partial charge in [-0.25, -0.2) is 0 Å². The number of nitrogens with zero attached hydrogens (tertiary/aromatic N) is 2. The van der Waals surface area contributed by atoms with Crippen LogP contribution in [-0.4, -0.2) is 42.4 Å². The van der Waals surface area contributed by atoms with Crippen molar-refractivity contribution in [3.8, 4) is 0 Å². The summed E-state index contributed by atoms with van der Waals surface area (Å²) in [5, 5.41) is 0. The van der Waals surface area contributed by atoms with Crippen molar-refractivity contribution >= 4 is 5.91 Å². The number of rotatable bonds is 2. The van der Waals surface area contributed by atoms with Crippen LogP contribution in [-0.2, 0) is 4.79 Å². The monoisotopic (exact) mass is 272 g/mol. The fourth-order valence-corrected chi connectivity index (χ4v) is 3.55. The van der Waals surface area contributed by atoms with Crippen LogP contribution in [0.5, 0.6) is 0 Å². The summed E-state index contributed by atoms with van der Waals surface area (Å²) in [7, 11) is 2.15. The second-order valence-corrected chi connectivity index (χ2v) is 6.20. The number of benzene rings is 1. The molecule has 1 saturated heterocycles. The van der Waals surface area contributed by atoms with E-state index < -0.39 is 0 Å². The molecule has 3 rings (SSSR count). The van der Waals surface area contributed by atoms with Crippen molar-refractivity contribution in [3.05, 3.63) is 35.9 Å². The first-order chi connectivity index (χ1) is 9.75. The van der Waals surface area contributed by atoms with Gasteiger partial charge in [-0.3, -0.25) is 4.79 Å². The third-order valence-corrected chi connectivity index (χ3v) is 4.76. The molecule has 3 nitrogen and oxygen atoms in total. The highest BCUT2D eigenvalue weighted by Gasteiger charge is 2.34. The van der Waals surface area contributed by atoms with Gasteiger partial charge in [-0.05, 0) is 25.5 Å². The maximum atomic E-state index is 12.8. The Balaban J connectivity index is 1.81. The van der Waals surface area contributed by atoms with Crippen LogP contribution in [0.4, 0.5) is 0 Å². The van der Waals surface area contributed by atoms with Gasteiger partial charge in [0.1, 0.15) is 0 Å². The van der Waals surface area contributed by atoms with E-state index >= 15 is 0 Å². The molecule has 1 unspecified atom stereocenters. The van der Waals surface area contributed by atoms with Gasteiger partial charge < -0.3 is 9.80 Å². The van der Waals surface area contributed by atoms with E-state index in [1.54, 1.807) is 0 Å². The van der Waals surface area contributed by atoms with Gasteiger partial charge in [0.25, 0.3) is 0 Å². The maximum Gasteiger partial charge on any atom is 0.226 e. The van der Waals surface area contributed by atoms with Gasteiger partial charge in [-0.1, -0.05) is 43.2 Å². The summed E-state index contributed by atoms with van der Waals surface area (Å²) < 4.78 is 0. The van der Waals surface area contributed by atoms with Gasteiger partial charge in [0.05, 0.1) is 6.04 Å². The lowest BCUT2D eigenvalue weighted by atomic mass is 9.99. The largest absolute Gasteiger partial charge is 0.333 e. The van der Waals surface area contributed by atoms with Crippen LogP contribution in [0.1, 0.15) is 37.3 Å². The molecule has 2 aliphatic rings. The number of amides is 1. The van der Waals surface area contributed by atoms with E-state index in [1.165, 1.54) is 18.4 Å². The molecule has 0 radical (unpaired) electrons. The molecular weight excluding hydrogens is 248 g/mol. The standard InChI is InChI=1S/C17H24N2O/c1-18-11-12-19(17(20)15-9-5-6-10-15)16(13-18)14-7-3-2-4-8-14/h2-4,7-8,15-16H,5-6,9-13H2,1H3. The Morgan fingerprint density at radius 2 is 1.80 bits per heavy atom. The maximum absolute atomic E-state index is 12.8. The fourth-order valence-electron chi connectivity index (χ4n) is 3.55. The van der Waals surface area contributed by atoms with E-state index in [0.717, 1.165) is 32.5 Å². The molecule has 1 aromatic carbocycles. The molecule has 1 heterocycles. The number of likely N-dealkylation sites (N-methyl/N-ethyl adjacent to an activating group) is 1. The third kappa shape index (κ3) is 2.73. The molecule has 0 spiro atoms. The van der Waals surface area contributed by atoms with Crippen LogP contribution in [0.2, 0.25) is 0 Å². The Kier molecular flexibility index (Phi) is 4.06. The van der Waals surface area contributed by atoms with Crippen molar-refractivity contribution in [2.75, 3.05) is 26.7 Å². The molecule has 1 aliphatic heterocycles. The topological polar surface area (TPSA) is 23.6 Å². The average molecular weight is 272 g/mol. The zero-order valence-corrected chi connectivity index (χ0v) is 12.3. The van der Waals surface area contributed by atoms with Crippen LogP contribution in [0.15, 0.2) is 30.3 Å². The average Bonchev–Trinajstić information content (AvgIpc) is 3.02. The van der Waals surface area contributed by atoms with Gasteiger partial charge in [0.2, 0.25) is 5.91 Å². The molecule has 108 valence electrons. The molecular formula is C17H24N2O. The van der Waals surface area contributed by atoms with Crippen LogP contribution >= 0.6 is 0 Å². The van der Waals surface area contributed by atoms with Gasteiger partial charge in [0.15, 0.2) is 0 Å². The smallest absolute Gasteiger partial charge is 0.226 e. The lowest BCUT2D eigenvalue weighted by Crippen LogP contribution is -2.50. The molecule has 0 N–H and O–H groups in total. The summed E-state index contributed by atoms with van der Waals surface area (Å²) in [5.74, 6) is 0.675. The first kappa shape index (κ1) is 13.6. The van der Waals surface area contributed by atoms with Crippen LogP contribution < -0.4 is 0 Å². The summed E-state index contributed by atoms with van der Waals surface area (Å²) in [6, 6.07) is 10.7. The Labute approximate surface area is 121 Å². The second kappa shape index (κ2) is 5.96. The van der Waals surface area contributed by atoms with Crippen molar-refractivity contribution in [1.29, 1.82) is 0 Å². The first-order valence-electron chi connectivity index (χ1n) is 7.79. The predicted octanol–water partition coefficient (Wildman–Crippen LogP) is 2.69. The van der Waals surface area contributed by atoms with E-state index in [-0.39, 0.29) is 12.0 Å². The fraction of sp³-hybridized carbons (Fsp3) is 0.588. The summed E-state index contributed by atoms with van der Waals surface area (Å²) in [6.07, 6.45) is 4.62. The SMILES string of the molecule is CN1CCN(C(=O)C2CCCC2)C(c2ccccc2)C1. The minimum absolute atomic E-state index is 0.225. The Morgan fingerprint density at radius 1 is 1.10 bits per heavy atom. The number of piperazine rings is 1. The Morgan fingerprint density at radius 3 is 2.50 bits per heavy atom. The molecule has 1 amide bonds. The summed E-state index contributed by atoms with van der Waals surface area (Å²) in [4.78, 5) is 17.3. The molecule has 1 atom stereocenters. The normalized spacial score (nSPS) is 25.1. The van der Waals surface area contributed by atoms with E-state index in [9.17, 15) is 4.79 Å². The van der Waals surface area contributed by atoms with Crippen molar-refractivity contribution in [3.63, 3.8) is 0 Å². The molecule has 3 heteroatoms. The minimum atomic E-state index is 0.225. The van der Waals surface area contributed by atoms with Crippen molar-refractivity contribution in [2.24, 2.45) is 5.92 Å². The van der Waals surface area contributed by atoms with Gasteiger partial charge in [0, 0.05) is 25.6 Å². The van der Waals surface area contributed by atoms with E-state index in [1.807, 2.05) is 6.07 Å². The second-order valence-electron chi connectivity index (χ2n) is 6.20. The lowest BCUT2D eigenvalue weighted by Gasteiger charge is -2.41. The summed E-state index contributed by atoms with van der Waals surface area (Å²) in [6.45, 7) is 2.80. The molecule has 1 saturated carbocycles. The number of carbonyl (C=O) groups is 1. The summed E-state index contributed by atoms with van der Waals surface area (Å²) >= 11 is 0. The molecule has 1 aromatic rings. The quantitative estimate of drug-likeness (QED) is 0.826. The lowest BCUT2D eigenvalue weighted by molar-refractivity contribution is -0.140. The molecule has 2 fully saturated rings. The van der Waals surface area contributed by atoms with E-state index in [2.05, 4.69) is 41.1 Å². The van der Waals surface area contributed by atoms with Crippen LogP contribution in [0.3, 0.4) is 0 Å². The molecule has 20 heavy (non-hydrogen) atoms. The van der Waals surface area contributed by atoms with E-state index in [4.69, 9.17) is 0 Å². The van der Waals surface area contributed by atoms with Crippen molar-refractivity contribution in [2.45, 2.75) is 31.7 Å². The van der Waals surface area contributed by atoms with Gasteiger partial charge >= 0.3 is 0 Å². The molecule has 0 aromatic heterocycles. The zero-order valence-electron chi connectivity index (χ0n) is 12.3. The van der Waals surface area contributed by atoms with Crippen molar-refractivity contribution < 1.29 is 4.79 Å². The van der Waals surface area contributed by atoms with E-state index in [0.29, 0.717) is 5.91 Å². The number of carbonyl (C=O) groups excluding carboxylic acids is 1. The minimum Gasteiger partial charge on any atom is -0.333 e. The highest BCUT2D eigenvalue weighted by atomic mass is 16.2. The predicted molar refractivity (Wildman–Crippen MR) is 80.4 cm³/mol. The molecule has 0 bridgehead atoms. The number of hydrogen-bond acceptors (Lipinski definition) is 2. The first-order valence-corrected chi connectivity index (χ1v) is 7.79. The molecule has 1 aliphatic carbocycles. The van der Waals surface area contributed by atoms with Gasteiger partial charge in [-0.2, -0.15) is 0 Å². The van der Waals surface area contributed by atoms with Crippen LogP contribution in [0, 0.1) is 5.92 Å². The zero-order chi connectivity index (χ0) is 13.9. The van der Waals surface area contributed by atoms with Crippen molar-refractivity contribution in [1.82, 2.24) is 9.80 Å². The number of hydrogen-bond donors (Lipinski definition) is 0. The Bertz CT molecular complexity index is 453.